The summed E-state index contributed by atoms with van der Waals surface area (Å²) in [6, 6.07) is 1.84. The van der Waals surface area contributed by atoms with E-state index in [-0.39, 0.29) is 16.9 Å². The first-order valence-corrected chi connectivity index (χ1v) is 10.8. The fourth-order valence-corrected chi connectivity index (χ4v) is 5.47. The molecule has 3 unspecified atom stereocenters. The predicted molar refractivity (Wildman–Crippen MR) is 99.5 cm³/mol. The second kappa shape index (κ2) is 7.74. The third kappa shape index (κ3) is 3.85. The average molecular weight is 369 g/mol. The Labute approximate surface area is 148 Å². The van der Waals surface area contributed by atoms with Gasteiger partial charge >= 0.3 is 0 Å². The van der Waals surface area contributed by atoms with E-state index in [4.69, 9.17) is 0 Å². The lowest BCUT2D eigenvalue weighted by molar-refractivity contribution is 0.464. The fourth-order valence-electron chi connectivity index (χ4n) is 3.22. The maximum atomic E-state index is 12.2. The van der Waals surface area contributed by atoms with Crippen LogP contribution in [0.2, 0.25) is 0 Å². The molecular formula is C16H24N4O2S2. The normalized spacial score (nSPS) is 22.6. The van der Waals surface area contributed by atoms with Gasteiger partial charge in [0.1, 0.15) is 0 Å². The van der Waals surface area contributed by atoms with E-state index < -0.39 is 10.8 Å². The summed E-state index contributed by atoms with van der Waals surface area (Å²) < 4.78 is 13.4. The second-order valence-electron chi connectivity index (χ2n) is 6.24. The highest BCUT2D eigenvalue weighted by molar-refractivity contribution is 7.85. The third-order valence-electron chi connectivity index (χ3n) is 4.41. The van der Waals surface area contributed by atoms with Gasteiger partial charge < -0.3 is 5.32 Å². The minimum Gasteiger partial charge on any atom is -0.357 e. The maximum absolute atomic E-state index is 12.2. The summed E-state index contributed by atoms with van der Waals surface area (Å²) in [4.78, 5) is 17.3. The molecule has 0 saturated heterocycles. The molecule has 24 heavy (non-hydrogen) atoms. The number of hydrogen-bond acceptors (Lipinski definition) is 6. The van der Waals surface area contributed by atoms with Crippen molar-refractivity contribution in [2.45, 2.75) is 63.7 Å². The first kappa shape index (κ1) is 17.5. The average Bonchev–Trinajstić information content (AvgIpc) is 2.97. The van der Waals surface area contributed by atoms with Crippen LogP contribution in [-0.4, -0.2) is 35.9 Å². The van der Waals surface area contributed by atoms with Crippen molar-refractivity contribution in [3.8, 4) is 0 Å². The molecule has 132 valence electrons. The van der Waals surface area contributed by atoms with Gasteiger partial charge in [0.2, 0.25) is 10.1 Å². The van der Waals surface area contributed by atoms with Crippen LogP contribution in [-0.2, 0) is 17.2 Å². The zero-order chi connectivity index (χ0) is 17.1. The number of nitrogens with one attached hydrogen (secondary N) is 1. The maximum Gasteiger partial charge on any atom is 0.275 e. The monoisotopic (exact) mass is 368 g/mol. The highest BCUT2D eigenvalue weighted by atomic mass is 32.2. The zero-order valence-electron chi connectivity index (χ0n) is 14.2. The van der Waals surface area contributed by atoms with Crippen LogP contribution in [0.25, 0.3) is 4.96 Å². The number of hydrogen-bond donors (Lipinski definition) is 1. The van der Waals surface area contributed by atoms with Crippen molar-refractivity contribution >= 4 is 32.2 Å². The number of aromatic nitrogens is 3. The van der Waals surface area contributed by atoms with E-state index in [2.05, 4.69) is 22.3 Å². The van der Waals surface area contributed by atoms with Gasteiger partial charge in [-0.25, -0.2) is 4.98 Å². The Morgan fingerprint density at radius 2 is 2.25 bits per heavy atom. The molecule has 1 N–H and O–H groups in total. The predicted octanol–water partition coefficient (Wildman–Crippen LogP) is 2.60. The minimum absolute atomic E-state index is 0.124. The van der Waals surface area contributed by atoms with Crippen molar-refractivity contribution in [2.24, 2.45) is 0 Å². The highest BCUT2D eigenvalue weighted by Crippen LogP contribution is 2.27. The van der Waals surface area contributed by atoms with Gasteiger partial charge in [-0.05, 0) is 25.7 Å². The van der Waals surface area contributed by atoms with Gasteiger partial charge in [0.15, 0.2) is 0 Å². The third-order valence-corrected chi connectivity index (χ3v) is 6.99. The van der Waals surface area contributed by atoms with Gasteiger partial charge in [-0.15, -0.1) is 5.10 Å². The molecule has 0 bridgehead atoms. The van der Waals surface area contributed by atoms with Crippen molar-refractivity contribution in [1.82, 2.24) is 14.6 Å². The summed E-state index contributed by atoms with van der Waals surface area (Å²) >= 11 is 1.41. The largest absolute Gasteiger partial charge is 0.357 e. The van der Waals surface area contributed by atoms with Crippen LogP contribution in [0, 0.1) is 0 Å². The Morgan fingerprint density at radius 1 is 1.42 bits per heavy atom. The number of nitrogens with zero attached hydrogens (tertiary/aromatic N) is 3. The van der Waals surface area contributed by atoms with Crippen LogP contribution in [0.1, 0.15) is 51.6 Å². The quantitative estimate of drug-likeness (QED) is 0.848. The summed E-state index contributed by atoms with van der Waals surface area (Å²) in [5.74, 6) is 0.720. The molecule has 3 rings (SSSR count). The van der Waals surface area contributed by atoms with Gasteiger partial charge in [0.25, 0.3) is 5.56 Å². The standard InChI is InChI=1S/C16H24N4O2S2/c1-3-6-11-10-14(21)20-16(18-11)23-15(19-20)17-12-7-5-8-13(9-12)24(22)4-2/h10,12-13H,3-9H2,1-2H3,(H,17,19). The number of anilines is 1. The lowest BCUT2D eigenvalue weighted by Gasteiger charge is -2.28. The molecule has 2 aromatic rings. The number of rotatable bonds is 6. The lowest BCUT2D eigenvalue weighted by Crippen LogP contribution is -2.33. The van der Waals surface area contributed by atoms with E-state index in [0.29, 0.717) is 4.96 Å². The van der Waals surface area contributed by atoms with E-state index >= 15 is 0 Å². The molecule has 8 heteroatoms. The van der Waals surface area contributed by atoms with Crippen LogP contribution in [0.15, 0.2) is 10.9 Å². The van der Waals surface area contributed by atoms with Crippen LogP contribution in [0.5, 0.6) is 0 Å². The molecule has 0 aliphatic heterocycles. The zero-order valence-corrected chi connectivity index (χ0v) is 15.8. The van der Waals surface area contributed by atoms with Crippen LogP contribution < -0.4 is 10.9 Å². The summed E-state index contributed by atoms with van der Waals surface area (Å²) in [6.07, 6.45) is 5.85. The van der Waals surface area contributed by atoms with Crippen LogP contribution in [0.3, 0.4) is 0 Å². The Hall–Kier alpha value is -1.28. The van der Waals surface area contributed by atoms with Gasteiger partial charge in [0.05, 0.1) is 0 Å². The SMILES string of the molecule is CCCc1cc(=O)n2nc(NC3CCCC(S(=O)CC)C3)sc2n1. The molecule has 1 aliphatic rings. The molecule has 2 heterocycles. The van der Waals surface area contributed by atoms with Crippen molar-refractivity contribution in [2.75, 3.05) is 11.1 Å². The van der Waals surface area contributed by atoms with Crippen LogP contribution in [0.4, 0.5) is 5.13 Å². The molecule has 2 aromatic heterocycles. The van der Waals surface area contributed by atoms with E-state index in [1.165, 1.54) is 15.9 Å². The lowest BCUT2D eigenvalue weighted by atomic mass is 9.95. The first-order chi connectivity index (χ1) is 11.6. The van der Waals surface area contributed by atoms with E-state index in [0.717, 1.165) is 55.1 Å². The molecule has 6 nitrogen and oxygen atoms in total. The van der Waals surface area contributed by atoms with E-state index in [1.807, 2.05) is 6.92 Å². The minimum atomic E-state index is -0.741. The molecule has 3 atom stereocenters. The molecule has 1 saturated carbocycles. The molecule has 0 radical (unpaired) electrons. The number of aryl methyl sites for hydroxylation is 1. The second-order valence-corrected chi connectivity index (χ2v) is 9.20. The van der Waals surface area contributed by atoms with Gasteiger partial charge in [-0.3, -0.25) is 9.00 Å². The summed E-state index contributed by atoms with van der Waals surface area (Å²) in [7, 11) is -0.741. The Kier molecular flexibility index (Phi) is 5.65. The van der Waals surface area contributed by atoms with E-state index in [9.17, 15) is 9.00 Å². The topological polar surface area (TPSA) is 76.4 Å². The van der Waals surface area contributed by atoms with Crippen molar-refractivity contribution in [1.29, 1.82) is 0 Å². The first-order valence-electron chi connectivity index (χ1n) is 8.64. The molecule has 0 spiro atoms. The number of fused-ring (bicyclic) bond motifs is 1. The van der Waals surface area contributed by atoms with E-state index in [1.54, 1.807) is 6.07 Å². The Balaban J connectivity index is 1.76. The van der Waals surface area contributed by atoms with Crippen LogP contribution >= 0.6 is 11.3 Å². The molecule has 1 aliphatic carbocycles. The Bertz CT molecular complexity index is 786. The highest BCUT2D eigenvalue weighted by Gasteiger charge is 2.26. The van der Waals surface area contributed by atoms with Crippen molar-refractivity contribution in [3.05, 3.63) is 22.1 Å². The van der Waals surface area contributed by atoms with Gasteiger partial charge in [0, 0.05) is 39.6 Å². The van der Waals surface area contributed by atoms with Gasteiger partial charge in [-0.1, -0.05) is 38.0 Å². The van der Waals surface area contributed by atoms with Crippen molar-refractivity contribution < 1.29 is 4.21 Å². The molecule has 1 fully saturated rings. The summed E-state index contributed by atoms with van der Waals surface area (Å²) in [6.45, 7) is 4.05. The fraction of sp³-hybridized carbons (Fsp3) is 0.688. The van der Waals surface area contributed by atoms with Crippen molar-refractivity contribution in [3.63, 3.8) is 0 Å². The summed E-state index contributed by atoms with van der Waals surface area (Å²) in [5.41, 5.74) is 0.704. The molecule has 0 amide bonds. The molecular weight excluding hydrogens is 344 g/mol. The van der Waals surface area contributed by atoms with Gasteiger partial charge in [-0.2, -0.15) is 4.52 Å². The summed E-state index contributed by atoms with van der Waals surface area (Å²) in [5, 5.41) is 8.80. The molecule has 0 aromatic carbocycles. The smallest absolute Gasteiger partial charge is 0.275 e. The Morgan fingerprint density at radius 3 is 3.00 bits per heavy atom.